The second-order valence-corrected chi connectivity index (χ2v) is 35.3. The molecule has 0 aliphatic carbocycles. The average Bonchev–Trinajstić information content (AvgIpc) is 1.56. The number of carbonyl (C=O) groups is 16. The molecule has 6 aromatic carbocycles. The molecule has 1 aliphatic rings. The third-order valence-corrected chi connectivity index (χ3v) is 24.2. The number of hydrogen-bond donors (Lipinski definition) is 10. The number of ether oxygens (including phenoxy) is 1. The molecular weight excluding hydrogens is 1680 g/mol. The number of thioether (sulfide) groups is 1. The first kappa shape index (κ1) is 102. The van der Waals surface area contributed by atoms with Gasteiger partial charge >= 0.3 is 0 Å². The Morgan fingerprint density at radius 1 is 0.508 bits per heavy atom. The summed E-state index contributed by atoms with van der Waals surface area (Å²) in [4.78, 5) is 244. The summed E-state index contributed by atoms with van der Waals surface area (Å²) in [5, 5.41) is 38.3. The molecule has 1 aliphatic heterocycles. The van der Waals surface area contributed by atoms with Gasteiger partial charge in [-0.15, -0.1) is 11.8 Å². The van der Waals surface area contributed by atoms with Crippen LogP contribution < -0.4 is 37.6 Å². The van der Waals surface area contributed by atoms with Crippen LogP contribution in [0.4, 0.5) is 0 Å². The van der Waals surface area contributed by atoms with Crippen LogP contribution in [-0.4, -0.2) is 255 Å². The van der Waals surface area contributed by atoms with Crippen molar-refractivity contribution in [2.24, 2.45) is 29.4 Å². The molecule has 11 atom stereocenters. The lowest BCUT2D eigenvalue weighted by molar-refractivity contribution is -0.151. The van der Waals surface area contributed by atoms with E-state index >= 15 is 43.2 Å². The van der Waals surface area contributed by atoms with Crippen molar-refractivity contribution in [1.82, 2.24) is 61.4 Å². The average molecular weight is 1810 g/mol. The molecule has 2 heterocycles. The molecule has 32 nitrogen and oxygen atoms in total. The van der Waals surface area contributed by atoms with E-state index in [2.05, 4.69) is 36.9 Å². The van der Waals surface area contributed by atoms with E-state index in [1.807, 2.05) is 26.0 Å². The van der Waals surface area contributed by atoms with Crippen molar-refractivity contribution in [2.45, 2.75) is 186 Å². The topological polar surface area (TPSA) is 453 Å². The quantitative estimate of drug-likeness (QED) is 0.0305. The number of H-pyrrole nitrogens is 1. The van der Waals surface area contributed by atoms with Crippen molar-refractivity contribution in [3.05, 3.63) is 203 Å². The first-order valence-electron chi connectivity index (χ1n) is 43.7. The van der Waals surface area contributed by atoms with E-state index in [0.717, 1.165) is 32.0 Å². The number of aromatic hydroxyl groups is 2. The number of nitrogens with zero attached hydrogens (tertiary/aromatic N) is 5. The molecule has 0 bridgehead atoms. The molecule has 0 saturated carbocycles. The molecule has 7 aromatic rings. The van der Waals surface area contributed by atoms with Crippen LogP contribution in [0.15, 0.2) is 164 Å². The van der Waals surface area contributed by atoms with Gasteiger partial charge in [-0.1, -0.05) is 180 Å². The molecule has 33 heteroatoms. The van der Waals surface area contributed by atoms with Crippen LogP contribution in [0.5, 0.6) is 11.5 Å². The maximum atomic E-state index is 15.6. The van der Waals surface area contributed by atoms with Crippen molar-refractivity contribution in [1.29, 1.82) is 0 Å². The summed E-state index contributed by atoms with van der Waals surface area (Å²) in [5.74, 6) is -16.3. The highest BCUT2D eigenvalue weighted by molar-refractivity contribution is 8.00. The summed E-state index contributed by atoms with van der Waals surface area (Å²) < 4.78 is 5.16. The summed E-state index contributed by atoms with van der Waals surface area (Å²) in [5.41, 5.74) is 10.3. The van der Waals surface area contributed by atoms with Crippen molar-refractivity contribution in [2.75, 3.05) is 66.4 Å². The van der Waals surface area contributed by atoms with Crippen LogP contribution >= 0.6 is 11.8 Å². The Kier molecular flexibility index (Phi) is 39.4. The van der Waals surface area contributed by atoms with Crippen LogP contribution in [-0.2, 0) is 120 Å². The fourth-order valence-corrected chi connectivity index (χ4v) is 16.6. The predicted octanol–water partition coefficient (Wildman–Crippen LogP) is 5.75. The van der Waals surface area contributed by atoms with Gasteiger partial charge in [0, 0.05) is 128 Å². The highest BCUT2D eigenvalue weighted by Gasteiger charge is 2.42. The minimum absolute atomic E-state index is 0.0637. The Bertz CT molecular complexity index is 5070. The van der Waals surface area contributed by atoms with Gasteiger partial charge in [-0.05, 0) is 95.3 Å². The Morgan fingerprint density at radius 3 is 1.57 bits per heavy atom. The van der Waals surface area contributed by atoms with Crippen molar-refractivity contribution >= 4 is 117 Å². The third-order valence-electron chi connectivity index (χ3n) is 23.2. The van der Waals surface area contributed by atoms with Crippen LogP contribution in [0.25, 0.3) is 10.9 Å². The number of nitrogens with one attached hydrogen (secondary N) is 7. The number of primary amides is 1. The van der Waals surface area contributed by atoms with Gasteiger partial charge in [-0.2, -0.15) is 0 Å². The maximum Gasteiger partial charge on any atom is 0.293 e. The van der Waals surface area contributed by atoms with E-state index in [1.165, 1.54) is 93.6 Å². The zero-order valence-corrected chi connectivity index (χ0v) is 76.5. The Labute approximate surface area is 762 Å². The number of aromatic amines is 1. The zero-order chi connectivity index (χ0) is 95.0. The lowest BCUT2D eigenvalue weighted by Gasteiger charge is -2.37. The number of Topliss-reactive ketones (excluding diaryl/α,β-unsaturated/α-hetero) is 3. The highest BCUT2D eigenvalue weighted by atomic mass is 32.2. The number of amides is 12. The van der Waals surface area contributed by atoms with E-state index in [1.54, 1.807) is 131 Å². The van der Waals surface area contributed by atoms with Gasteiger partial charge in [0.15, 0.2) is 11.6 Å². The SMILES string of the molecule is CCCC[C@H]1C(=O)N(C)CC(=O)C[C@@H](COC=O)C(=O)C[C@@H](C(C)C)C(=O)N(C)[C@@H](Cc2ccccc2)C(=O)N[C@@H](Cc2ccc(O)cc2)C(=O)N(C)CC(=O)N[C@@H](Cc2c[nH]c3ccccc23)C(=O)N[C@@H](Cc2ccc(O)cc2)C(=O)N[C@@H](CC(C)C)C(=O)N[C@H](C(=O)CCC(N)=O)CSCC(=O)N[C@@H](Cc2ccc(C)cc2)C(=O)N(C)[C@@H](Cc2ccccc2)C(=O)N1C. The molecule has 0 radical (unpaired) electrons. The molecule has 12 amide bonds. The monoisotopic (exact) mass is 1810 g/mol. The summed E-state index contributed by atoms with van der Waals surface area (Å²) >= 11 is 0.884. The zero-order valence-electron chi connectivity index (χ0n) is 75.7. The first-order valence-corrected chi connectivity index (χ1v) is 44.9. The van der Waals surface area contributed by atoms with E-state index in [9.17, 15) is 43.8 Å². The summed E-state index contributed by atoms with van der Waals surface area (Å²) in [6, 6.07) is 30.3. The molecule has 696 valence electrons. The molecular formula is C97H123N13O19S. The van der Waals surface area contributed by atoms with Crippen molar-refractivity contribution in [3.63, 3.8) is 0 Å². The Hall–Kier alpha value is -13.1. The number of phenolic OH excluding ortho intramolecular Hbond substituents is 2. The number of hydrogen-bond acceptors (Lipinski definition) is 20. The number of likely N-dealkylation sites (N-methyl/N-ethyl adjacent to an activating group) is 5. The van der Waals surface area contributed by atoms with Gasteiger partial charge < -0.3 is 82.1 Å². The number of fused-ring (bicyclic) bond motifs is 1. The summed E-state index contributed by atoms with van der Waals surface area (Å²) in [6.45, 7) is 8.75. The number of unbranched alkanes of at least 4 members (excludes halogenated alkanes) is 1. The second kappa shape index (κ2) is 50.0. The summed E-state index contributed by atoms with van der Waals surface area (Å²) in [7, 11) is 6.82. The number of nitrogens with two attached hydrogens (primary N) is 1. The number of ketones is 3. The predicted molar refractivity (Wildman–Crippen MR) is 490 cm³/mol. The Morgan fingerprint density at radius 2 is 1.00 bits per heavy atom. The van der Waals surface area contributed by atoms with Gasteiger partial charge in [0.05, 0.1) is 30.8 Å². The molecule has 1 saturated heterocycles. The molecule has 0 spiro atoms. The number of para-hydroxylation sites is 1. The van der Waals surface area contributed by atoms with E-state index in [-0.39, 0.29) is 81.0 Å². The largest absolute Gasteiger partial charge is 0.508 e. The lowest BCUT2D eigenvalue weighted by atomic mass is 9.84. The van der Waals surface area contributed by atoms with E-state index in [0.29, 0.717) is 57.1 Å². The number of carbonyl (C=O) groups excluding carboxylic acids is 16. The number of aryl methyl sites for hydroxylation is 1. The number of rotatable bonds is 25. The third kappa shape index (κ3) is 30.8. The molecule has 0 unspecified atom stereocenters. The smallest absolute Gasteiger partial charge is 0.293 e. The minimum Gasteiger partial charge on any atom is -0.508 e. The van der Waals surface area contributed by atoms with Gasteiger partial charge in [0.1, 0.15) is 72.2 Å². The second-order valence-electron chi connectivity index (χ2n) is 34.3. The normalized spacial score (nSPS) is 22.0. The van der Waals surface area contributed by atoms with Gasteiger partial charge in [-0.25, -0.2) is 0 Å². The molecule has 1 aromatic heterocycles. The van der Waals surface area contributed by atoms with E-state index in [4.69, 9.17) is 10.5 Å². The van der Waals surface area contributed by atoms with E-state index < -0.39 is 211 Å². The van der Waals surface area contributed by atoms with Crippen LogP contribution in [0.3, 0.4) is 0 Å². The van der Waals surface area contributed by atoms with Gasteiger partial charge in [0.2, 0.25) is 70.9 Å². The van der Waals surface area contributed by atoms with Crippen LogP contribution in [0.2, 0.25) is 0 Å². The summed E-state index contributed by atoms with van der Waals surface area (Å²) in [6.07, 6.45) is -0.511. The van der Waals surface area contributed by atoms with Crippen LogP contribution in [0.1, 0.15) is 125 Å². The fraction of sp³-hybridized carbons (Fsp3) is 0.443. The van der Waals surface area contributed by atoms with Gasteiger partial charge in [-0.3, -0.25) is 76.7 Å². The lowest BCUT2D eigenvalue weighted by Crippen LogP contribution is -2.59. The van der Waals surface area contributed by atoms with Gasteiger partial charge in [0.25, 0.3) is 6.47 Å². The minimum atomic E-state index is -1.58. The van der Waals surface area contributed by atoms with Crippen molar-refractivity contribution in [3.8, 4) is 11.5 Å². The Balaban J connectivity index is 1.21. The first-order chi connectivity index (χ1) is 61.9. The molecule has 1 fully saturated rings. The number of aromatic nitrogens is 1. The molecule has 130 heavy (non-hydrogen) atoms. The van der Waals surface area contributed by atoms with Crippen molar-refractivity contribution < 1.29 is 91.7 Å². The highest BCUT2D eigenvalue weighted by Crippen LogP contribution is 2.28. The standard InChI is InChI=1S/C97H123N13O19S/c1-12-13-28-81-96(127)106(7)53-71(114)49-68(55-129-58-111)85(116)51-73(60(4)5)93(124)109(10)82(47-62-22-16-14-17-23-62)92(123)104-78(45-66-35-39-70(113)40-36-66)94(125)107(8)54-87(118)100-77(50-67-52-99-74-27-21-20-26-72(67)74)91(122)103-76(44-65-33-37-69(112)38-34-65)90(121)102-75(43-59(2)3)89(120)105-80(84(115)41-42-86(98)117)56-130-57-88(119)101-79(46-64-31-29-61(6)30-32-64)95(126)110(11)83(97(128)108(81)9)48-63-24-18-15-19-25-63/h14-27,29-40,52,58-60,68,73,75-83,99,112-113H,12-13,28,41-51,53-57H2,1-11H3,(H2,98,117)(H,100,118)(H,101,119)(H,102,121)(H,103,122)(H,104,123)(H,105,120)/t68-,73-,75-,76-,77-,78-,79-,80-,81-,82-,83-/m0/s1. The number of benzene rings is 6. The maximum absolute atomic E-state index is 15.6. The number of phenols is 2. The fourth-order valence-electron chi connectivity index (χ4n) is 15.7. The molecule has 11 N–H and O–H groups in total. The van der Waals surface area contributed by atoms with Crippen LogP contribution in [0, 0.1) is 30.6 Å². The molecule has 8 rings (SSSR count).